The molecule has 0 aromatic carbocycles. The minimum Gasteiger partial charge on any atom is -0.133 e. The monoisotopic (exact) mass is 210 g/mol. The third-order valence-corrected chi connectivity index (χ3v) is 5.23. The van der Waals surface area contributed by atoms with Crippen molar-refractivity contribution >= 4 is 32.1 Å². The maximum Gasteiger partial charge on any atom is 0.0873 e. The zero-order valence-electron chi connectivity index (χ0n) is 8.47. The van der Waals surface area contributed by atoms with Gasteiger partial charge in [-0.1, -0.05) is 13.8 Å². The Labute approximate surface area is 87.2 Å². The van der Waals surface area contributed by atoms with Crippen LogP contribution in [0, 0.1) is 13.8 Å². The minimum atomic E-state index is 0.670. The van der Waals surface area contributed by atoms with E-state index in [1.807, 2.05) is 22.7 Å². The summed E-state index contributed by atoms with van der Waals surface area (Å²) in [6.07, 6.45) is 0. The van der Waals surface area contributed by atoms with Gasteiger partial charge in [0.1, 0.15) is 0 Å². The van der Waals surface area contributed by atoms with E-state index in [0.29, 0.717) is 5.92 Å². The fraction of sp³-hybridized carbons (Fsp3) is 0.455. The minimum absolute atomic E-state index is 0.670. The molecule has 0 aliphatic rings. The van der Waals surface area contributed by atoms with Gasteiger partial charge in [-0.3, -0.25) is 0 Å². The van der Waals surface area contributed by atoms with Gasteiger partial charge in [-0.2, -0.15) is 0 Å². The first-order valence-electron chi connectivity index (χ1n) is 4.58. The zero-order valence-corrected chi connectivity index (χ0v) is 10.1. The molecule has 0 fully saturated rings. The van der Waals surface area contributed by atoms with Gasteiger partial charge in [0.05, 0.1) is 4.01 Å². The molecule has 0 bridgehead atoms. The lowest BCUT2D eigenvalue weighted by Gasteiger charge is -2.02. The second kappa shape index (κ2) is 3.10. The largest absolute Gasteiger partial charge is 0.133 e. The van der Waals surface area contributed by atoms with Crippen LogP contribution >= 0.6 is 22.7 Å². The molecular weight excluding hydrogens is 196 g/mol. The van der Waals surface area contributed by atoms with E-state index in [1.165, 1.54) is 20.5 Å². The van der Waals surface area contributed by atoms with Crippen molar-refractivity contribution in [1.82, 2.24) is 0 Å². The van der Waals surface area contributed by atoms with Crippen LogP contribution in [0.2, 0.25) is 0 Å². The van der Waals surface area contributed by atoms with Crippen molar-refractivity contribution < 1.29 is 0 Å². The van der Waals surface area contributed by atoms with Crippen LogP contribution in [-0.4, -0.2) is 0 Å². The van der Waals surface area contributed by atoms with Crippen LogP contribution in [-0.2, 0) is 0 Å². The van der Waals surface area contributed by atoms with E-state index >= 15 is 0 Å². The lowest BCUT2D eigenvalue weighted by molar-refractivity contribution is 0.882. The summed E-state index contributed by atoms with van der Waals surface area (Å²) >= 11 is 3.86. The number of hydrogen-bond donors (Lipinski definition) is 0. The molecule has 2 aromatic heterocycles. The predicted molar refractivity (Wildman–Crippen MR) is 63.3 cm³/mol. The van der Waals surface area contributed by atoms with Crippen LogP contribution < -0.4 is 0 Å². The normalized spacial score (nSPS) is 11.8. The van der Waals surface area contributed by atoms with Crippen LogP contribution in [0.5, 0.6) is 0 Å². The van der Waals surface area contributed by atoms with E-state index < -0.39 is 0 Å². The Bertz CT molecular complexity index is 432. The van der Waals surface area contributed by atoms with Crippen LogP contribution in [0.15, 0.2) is 5.38 Å². The molecule has 2 heteroatoms. The molecule has 13 heavy (non-hydrogen) atoms. The van der Waals surface area contributed by atoms with Gasteiger partial charge in [-0.25, -0.2) is 0 Å². The summed E-state index contributed by atoms with van der Waals surface area (Å²) in [4.78, 5) is 1.56. The first kappa shape index (κ1) is 9.22. The van der Waals surface area contributed by atoms with Gasteiger partial charge in [0, 0.05) is 10.3 Å². The molecule has 2 aromatic rings. The van der Waals surface area contributed by atoms with Gasteiger partial charge >= 0.3 is 0 Å². The van der Waals surface area contributed by atoms with E-state index in [-0.39, 0.29) is 0 Å². The second-order valence-corrected chi connectivity index (χ2v) is 6.02. The van der Waals surface area contributed by atoms with Crippen LogP contribution in [0.1, 0.15) is 35.8 Å². The van der Waals surface area contributed by atoms with Crippen molar-refractivity contribution in [3.8, 4) is 0 Å². The molecule has 0 saturated heterocycles. The molecule has 0 unspecified atom stereocenters. The fourth-order valence-corrected chi connectivity index (χ4v) is 4.34. The van der Waals surface area contributed by atoms with Crippen LogP contribution in [0.3, 0.4) is 0 Å². The standard InChI is InChI=1S/C11H14S2/c1-6(2)10-8(4)9-7(3)5-12-11(9)13-10/h5-6H,1-4H3. The summed E-state index contributed by atoms with van der Waals surface area (Å²) in [7, 11) is 0. The number of thiophene rings is 2. The van der Waals surface area contributed by atoms with Gasteiger partial charge in [-0.15, -0.1) is 22.7 Å². The Morgan fingerprint density at radius 1 is 1.23 bits per heavy atom. The van der Waals surface area contributed by atoms with E-state index in [9.17, 15) is 0 Å². The zero-order chi connectivity index (χ0) is 9.59. The van der Waals surface area contributed by atoms with E-state index in [4.69, 9.17) is 0 Å². The maximum absolute atomic E-state index is 2.28. The maximum atomic E-state index is 2.28. The number of hydrogen-bond acceptors (Lipinski definition) is 2. The Morgan fingerprint density at radius 2 is 1.92 bits per heavy atom. The average molecular weight is 210 g/mol. The topological polar surface area (TPSA) is 0 Å². The summed E-state index contributed by atoms with van der Waals surface area (Å²) in [5.41, 5.74) is 2.95. The molecule has 0 N–H and O–H groups in total. The highest BCUT2D eigenvalue weighted by molar-refractivity contribution is 7.37. The van der Waals surface area contributed by atoms with Crippen molar-refractivity contribution in [3.63, 3.8) is 0 Å². The highest BCUT2D eigenvalue weighted by Crippen LogP contribution is 2.40. The van der Waals surface area contributed by atoms with Gasteiger partial charge in [0.25, 0.3) is 0 Å². The predicted octanol–water partition coefficient (Wildman–Crippen LogP) is 4.70. The van der Waals surface area contributed by atoms with Crippen molar-refractivity contribution in [1.29, 1.82) is 0 Å². The Morgan fingerprint density at radius 3 is 2.46 bits per heavy atom. The number of rotatable bonds is 1. The molecule has 0 aliphatic carbocycles. The quantitative estimate of drug-likeness (QED) is 0.640. The summed E-state index contributed by atoms with van der Waals surface area (Å²) < 4.78 is 1.50. The number of aryl methyl sites for hydroxylation is 2. The molecule has 0 radical (unpaired) electrons. The van der Waals surface area contributed by atoms with Crippen LogP contribution in [0.25, 0.3) is 9.40 Å². The molecule has 0 aliphatic heterocycles. The molecule has 0 saturated carbocycles. The fourth-order valence-electron chi connectivity index (χ4n) is 1.80. The summed E-state index contributed by atoms with van der Waals surface area (Å²) in [6.45, 7) is 9.02. The Hall–Kier alpha value is -0.340. The van der Waals surface area contributed by atoms with Crippen molar-refractivity contribution in [3.05, 3.63) is 21.4 Å². The lowest BCUT2D eigenvalue weighted by Crippen LogP contribution is -1.84. The molecule has 2 rings (SSSR count). The summed E-state index contributed by atoms with van der Waals surface area (Å²) in [5.74, 6) is 0.670. The molecule has 0 spiro atoms. The lowest BCUT2D eigenvalue weighted by atomic mass is 10.1. The van der Waals surface area contributed by atoms with Crippen molar-refractivity contribution in [2.24, 2.45) is 0 Å². The smallest absolute Gasteiger partial charge is 0.0873 e. The van der Waals surface area contributed by atoms with E-state index in [1.54, 1.807) is 4.88 Å². The van der Waals surface area contributed by atoms with Gasteiger partial charge in [-0.05, 0) is 36.3 Å². The van der Waals surface area contributed by atoms with Gasteiger partial charge in [0.15, 0.2) is 0 Å². The molecule has 0 amide bonds. The SMILES string of the molecule is Cc1csc2sc(C(C)C)c(C)c12. The molecule has 2 heterocycles. The molecule has 70 valence electrons. The molecule has 0 nitrogen and oxygen atoms in total. The van der Waals surface area contributed by atoms with Gasteiger partial charge in [0.2, 0.25) is 0 Å². The Balaban J connectivity index is 2.75. The first-order chi connectivity index (χ1) is 6.11. The first-order valence-corrected chi connectivity index (χ1v) is 6.28. The molecule has 0 atom stereocenters. The van der Waals surface area contributed by atoms with E-state index in [0.717, 1.165) is 0 Å². The third kappa shape index (κ3) is 1.32. The second-order valence-electron chi connectivity index (χ2n) is 3.83. The van der Waals surface area contributed by atoms with Crippen LogP contribution in [0.4, 0.5) is 0 Å². The van der Waals surface area contributed by atoms with E-state index in [2.05, 4.69) is 33.1 Å². The van der Waals surface area contributed by atoms with Crippen molar-refractivity contribution in [2.45, 2.75) is 33.6 Å². The summed E-state index contributed by atoms with van der Waals surface area (Å²) in [6, 6.07) is 0. The third-order valence-electron chi connectivity index (χ3n) is 2.41. The van der Waals surface area contributed by atoms with Gasteiger partial charge < -0.3 is 0 Å². The van der Waals surface area contributed by atoms with Crippen molar-refractivity contribution in [2.75, 3.05) is 0 Å². The highest BCUT2D eigenvalue weighted by atomic mass is 32.2. The average Bonchev–Trinajstić information content (AvgIpc) is 2.55. The Kier molecular flexibility index (Phi) is 2.20. The number of fused-ring (bicyclic) bond motifs is 1. The highest BCUT2D eigenvalue weighted by Gasteiger charge is 2.13. The summed E-state index contributed by atoms with van der Waals surface area (Å²) in [5, 5.41) is 3.77. The molecular formula is C11H14S2.